The number of nitrogens with zero attached hydrogens (tertiary/aromatic N) is 1. The summed E-state index contributed by atoms with van der Waals surface area (Å²) in [7, 11) is 2.15. The van der Waals surface area contributed by atoms with E-state index in [1.165, 1.54) is 12.8 Å². The van der Waals surface area contributed by atoms with Crippen LogP contribution < -0.4 is 0 Å². The molecule has 0 aromatic carbocycles. The molecular formula is C10H21NO2. The van der Waals surface area contributed by atoms with Gasteiger partial charge in [0.25, 0.3) is 0 Å². The second-order valence-corrected chi connectivity index (χ2v) is 3.68. The summed E-state index contributed by atoms with van der Waals surface area (Å²) < 4.78 is 10.9. The first-order valence-electron chi connectivity index (χ1n) is 5.21. The number of likely N-dealkylation sites (N-methyl/N-ethyl adjacent to an activating group) is 1. The minimum atomic E-state index is 0.288. The third-order valence-corrected chi connectivity index (χ3v) is 2.29. The van der Waals surface area contributed by atoms with Crippen LogP contribution in [0.1, 0.15) is 19.8 Å². The van der Waals surface area contributed by atoms with Crippen LogP contribution in [0.25, 0.3) is 0 Å². The Labute approximate surface area is 81.0 Å². The second-order valence-electron chi connectivity index (χ2n) is 3.68. The standard InChI is InChI=1S/C10H21NO2/c1-3-4-5-11(2)8-10-9-12-6-7-13-10/h10H,3-9H2,1-2H3. The van der Waals surface area contributed by atoms with Crippen molar-refractivity contribution < 1.29 is 9.47 Å². The van der Waals surface area contributed by atoms with Gasteiger partial charge in [0.05, 0.1) is 25.9 Å². The fraction of sp³-hybridized carbons (Fsp3) is 1.00. The van der Waals surface area contributed by atoms with Crippen molar-refractivity contribution in [3.63, 3.8) is 0 Å². The molecule has 1 aliphatic heterocycles. The van der Waals surface area contributed by atoms with E-state index in [9.17, 15) is 0 Å². The van der Waals surface area contributed by atoms with Gasteiger partial charge >= 0.3 is 0 Å². The van der Waals surface area contributed by atoms with E-state index in [-0.39, 0.29) is 6.10 Å². The van der Waals surface area contributed by atoms with Crippen LogP contribution in [-0.2, 0) is 9.47 Å². The highest BCUT2D eigenvalue weighted by atomic mass is 16.6. The summed E-state index contributed by atoms with van der Waals surface area (Å²) in [6.45, 7) is 6.66. The average Bonchev–Trinajstić information content (AvgIpc) is 2.16. The van der Waals surface area contributed by atoms with E-state index >= 15 is 0 Å². The summed E-state index contributed by atoms with van der Waals surface area (Å²) in [4.78, 5) is 2.32. The van der Waals surface area contributed by atoms with Crippen molar-refractivity contribution in [3.05, 3.63) is 0 Å². The minimum absolute atomic E-state index is 0.288. The van der Waals surface area contributed by atoms with Crippen LogP contribution in [0.5, 0.6) is 0 Å². The lowest BCUT2D eigenvalue weighted by Crippen LogP contribution is -2.38. The normalized spacial score (nSPS) is 23.8. The van der Waals surface area contributed by atoms with Gasteiger partial charge in [0.2, 0.25) is 0 Å². The molecule has 0 spiro atoms. The Morgan fingerprint density at radius 1 is 1.38 bits per heavy atom. The van der Waals surface area contributed by atoms with Gasteiger partial charge in [0, 0.05) is 6.54 Å². The Morgan fingerprint density at radius 2 is 2.23 bits per heavy atom. The summed E-state index contributed by atoms with van der Waals surface area (Å²) in [6.07, 6.45) is 2.81. The summed E-state index contributed by atoms with van der Waals surface area (Å²) in [5.41, 5.74) is 0. The van der Waals surface area contributed by atoms with E-state index in [4.69, 9.17) is 9.47 Å². The molecule has 0 bridgehead atoms. The molecule has 0 aliphatic carbocycles. The predicted molar refractivity (Wildman–Crippen MR) is 53.0 cm³/mol. The van der Waals surface area contributed by atoms with Crippen molar-refractivity contribution in [1.82, 2.24) is 4.90 Å². The van der Waals surface area contributed by atoms with E-state index in [1.54, 1.807) is 0 Å². The number of hydrogen-bond acceptors (Lipinski definition) is 3. The maximum atomic E-state index is 5.56. The highest BCUT2D eigenvalue weighted by molar-refractivity contribution is 4.65. The maximum absolute atomic E-state index is 5.56. The Hall–Kier alpha value is -0.120. The molecule has 1 heterocycles. The fourth-order valence-electron chi connectivity index (χ4n) is 1.51. The molecule has 0 aromatic heterocycles. The van der Waals surface area contributed by atoms with E-state index in [0.717, 1.165) is 32.9 Å². The molecule has 3 heteroatoms. The Morgan fingerprint density at radius 3 is 2.85 bits per heavy atom. The number of ether oxygens (including phenoxy) is 2. The van der Waals surface area contributed by atoms with Gasteiger partial charge in [0.1, 0.15) is 0 Å². The van der Waals surface area contributed by atoms with Crippen LogP contribution in [0, 0.1) is 0 Å². The Kier molecular flexibility index (Phi) is 5.35. The molecule has 0 N–H and O–H groups in total. The SMILES string of the molecule is CCCCN(C)CC1COCCO1. The monoisotopic (exact) mass is 187 g/mol. The zero-order chi connectivity index (χ0) is 9.52. The summed E-state index contributed by atoms with van der Waals surface area (Å²) in [6, 6.07) is 0. The molecule has 13 heavy (non-hydrogen) atoms. The lowest BCUT2D eigenvalue weighted by Gasteiger charge is -2.27. The molecule has 1 rings (SSSR count). The van der Waals surface area contributed by atoms with Gasteiger partial charge in [-0.15, -0.1) is 0 Å². The molecule has 0 saturated carbocycles. The molecule has 78 valence electrons. The van der Waals surface area contributed by atoms with E-state index in [1.807, 2.05) is 0 Å². The first-order chi connectivity index (χ1) is 6.33. The van der Waals surface area contributed by atoms with E-state index < -0.39 is 0 Å². The molecule has 1 saturated heterocycles. The minimum Gasteiger partial charge on any atom is -0.376 e. The smallest absolute Gasteiger partial charge is 0.0936 e. The first-order valence-corrected chi connectivity index (χ1v) is 5.21. The highest BCUT2D eigenvalue weighted by Gasteiger charge is 2.15. The van der Waals surface area contributed by atoms with Crippen molar-refractivity contribution >= 4 is 0 Å². The zero-order valence-corrected chi connectivity index (χ0v) is 8.79. The van der Waals surface area contributed by atoms with Crippen molar-refractivity contribution in [2.75, 3.05) is 40.0 Å². The first kappa shape index (κ1) is 11.0. The largest absolute Gasteiger partial charge is 0.376 e. The fourth-order valence-corrected chi connectivity index (χ4v) is 1.51. The predicted octanol–water partition coefficient (Wildman–Crippen LogP) is 1.13. The topological polar surface area (TPSA) is 21.7 Å². The number of rotatable bonds is 5. The van der Waals surface area contributed by atoms with Gasteiger partial charge in [-0.3, -0.25) is 0 Å². The van der Waals surface area contributed by atoms with E-state index in [2.05, 4.69) is 18.9 Å². The summed E-state index contributed by atoms with van der Waals surface area (Å²) in [5, 5.41) is 0. The second kappa shape index (κ2) is 6.35. The van der Waals surface area contributed by atoms with Gasteiger partial charge in [-0.2, -0.15) is 0 Å². The molecule has 1 aliphatic rings. The number of hydrogen-bond donors (Lipinski definition) is 0. The van der Waals surface area contributed by atoms with E-state index in [0.29, 0.717) is 0 Å². The summed E-state index contributed by atoms with van der Waals surface area (Å²) >= 11 is 0. The highest BCUT2D eigenvalue weighted by Crippen LogP contribution is 2.03. The van der Waals surface area contributed by atoms with Crippen molar-refractivity contribution in [3.8, 4) is 0 Å². The van der Waals surface area contributed by atoms with Crippen LogP contribution in [0.4, 0.5) is 0 Å². The lowest BCUT2D eigenvalue weighted by atomic mass is 10.3. The maximum Gasteiger partial charge on any atom is 0.0936 e. The number of unbranched alkanes of at least 4 members (excludes halogenated alkanes) is 1. The van der Waals surface area contributed by atoms with Crippen molar-refractivity contribution in [2.45, 2.75) is 25.9 Å². The molecule has 0 amide bonds. The molecule has 3 nitrogen and oxygen atoms in total. The molecule has 1 fully saturated rings. The molecule has 1 atom stereocenters. The van der Waals surface area contributed by atoms with Crippen molar-refractivity contribution in [1.29, 1.82) is 0 Å². The Balaban J connectivity index is 2.07. The van der Waals surface area contributed by atoms with Crippen molar-refractivity contribution in [2.24, 2.45) is 0 Å². The van der Waals surface area contributed by atoms with Gasteiger partial charge < -0.3 is 14.4 Å². The Bertz CT molecular complexity index is 124. The van der Waals surface area contributed by atoms with Gasteiger partial charge in [-0.1, -0.05) is 13.3 Å². The molecule has 0 radical (unpaired) electrons. The third-order valence-electron chi connectivity index (χ3n) is 2.29. The quantitative estimate of drug-likeness (QED) is 0.644. The van der Waals surface area contributed by atoms with Gasteiger partial charge in [-0.05, 0) is 20.0 Å². The van der Waals surface area contributed by atoms with Crippen LogP contribution in [0.3, 0.4) is 0 Å². The lowest BCUT2D eigenvalue weighted by molar-refractivity contribution is -0.0957. The van der Waals surface area contributed by atoms with Crippen LogP contribution in [0.2, 0.25) is 0 Å². The van der Waals surface area contributed by atoms with Gasteiger partial charge in [0.15, 0.2) is 0 Å². The average molecular weight is 187 g/mol. The zero-order valence-electron chi connectivity index (χ0n) is 8.79. The van der Waals surface area contributed by atoms with Gasteiger partial charge in [-0.25, -0.2) is 0 Å². The van der Waals surface area contributed by atoms with Crippen LogP contribution >= 0.6 is 0 Å². The van der Waals surface area contributed by atoms with Crippen LogP contribution in [-0.4, -0.2) is 51.0 Å². The molecular weight excluding hydrogens is 166 g/mol. The third kappa shape index (κ3) is 4.60. The molecule has 1 unspecified atom stereocenters. The summed E-state index contributed by atoms with van der Waals surface area (Å²) in [5.74, 6) is 0. The molecule has 0 aromatic rings. The van der Waals surface area contributed by atoms with Crippen LogP contribution in [0.15, 0.2) is 0 Å².